The number of hydrogen-bond donors (Lipinski definition) is 1. The molecule has 2 saturated carbocycles. The first-order valence-electron chi connectivity index (χ1n) is 15.6. The van der Waals surface area contributed by atoms with E-state index in [9.17, 15) is 24.3 Å². The molecule has 1 aromatic carbocycles. The maximum Gasteiger partial charge on any atom is 0.331 e. The van der Waals surface area contributed by atoms with Crippen LogP contribution < -0.4 is 0 Å². The summed E-state index contributed by atoms with van der Waals surface area (Å²) in [6.07, 6.45) is -0.383. The SMILES string of the molecule is CC(=O)O[C@@H]1[C@@H]2C[C@H](OC(C)=O)C(C)=C([C@@H](O)[C@H](OC(C)=O)[C@]3(C)CC[C@H](OC(=O)/C=C/c4ccccc4)[C@]4(CO4)[C@@H]13)C2(C)C. The molecule has 0 radical (unpaired) electrons. The van der Waals surface area contributed by atoms with Crippen molar-refractivity contribution in [1.29, 1.82) is 0 Å². The fourth-order valence-corrected chi connectivity index (χ4v) is 8.63. The summed E-state index contributed by atoms with van der Waals surface area (Å²) in [7, 11) is 0. The van der Waals surface area contributed by atoms with Gasteiger partial charge in [-0.15, -0.1) is 0 Å². The van der Waals surface area contributed by atoms with E-state index in [-0.39, 0.29) is 6.61 Å². The quantitative estimate of drug-likeness (QED) is 0.160. The van der Waals surface area contributed by atoms with Crippen LogP contribution in [0.3, 0.4) is 0 Å². The molecule has 10 heteroatoms. The molecule has 3 fully saturated rings. The van der Waals surface area contributed by atoms with E-state index in [1.54, 1.807) is 6.08 Å². The average Bonchev–Trinajstić information content (AvgIpc) is 3.73. The van der Waals surface area contributed by atoms with E-state index in [4.69, 9.17) is 23.7 Å². The zero-order valence-electron chi connectivity index (χ0n) is 27.0. The summed E-state index contributed by atoms with van der Waals surface area (Å²) in [6.45, 7) is 11.8. The lowest BCUT2D eigenvalue weighted by Crippen LogP contribution is -2.68. The van der Waals surface area contributed by atoms with Gasteiger partial charge in [0.1, 0.15) is 36.1 Å². The Kier molecular flexibility index (Phi) is 8.78. The number of aliphatic hydroxyl groups is 1. The number of benzene rings is 1. The third kappa shape index (κ3) is 5.94. The van der Waals surface area contributed by atoms with Gasteiger partial charge in [-0.05, 0) is 54.4 Å². The predicted molar refractivity (Wildman–Crippen MR) is 162 cm³/mol. The Labute approximate surface area is 264 Å². The lowest BCUT2D eigenvalue weighted by Gasteiger charge is -2.60. The van der Waals surface area contributed by atoms with Gasteiger partial charge in [0.25, 0.3) is 0 Å². The fraction of sp³-hybridized carbons (Fsp3) is 0.600. The van der Waals surface area contributed by atoms with Crippen molar-refractivity contribution in [2.24, 2.45) is 22.7 Å². The highest BCUT2D eigenvalue weighted by molar-refractivity contribution is 5.87. The number of fused-ring (bicyclic) bond motifs is 4. The van der Waals surface area contributed by atoms with Crippen LogP contribution in [0.4, 0.5) is 0 Å². The van der Waals surface area contributed by atoms with E-state index in [1.165, 1.54) is 26.8 Å². The number of epoxide rings is 1. The Morgan fingerprint density at radius 1 is 0.933 bits per heavy atom. The van der Waals surface area contributed by atoms with E-state index in [0.29, 0.717) is 30.4 Å². The summed E-state index contributed by atoms with van der Waals surface area (Å²) in [6, 6.07) is 9.38. The average molecular weight is 625 g/mol. The van der Waals surface area contributed by atoms with Crippen LogP contribution in [-0.4, -0.2) is 71.7 Å². The summed E-state index contributed by atoms with van der Waals surface area (Å²) in [5.41, 5.74) is -0.681. The molecule has 45 heavy (non-hydrogen) atoms. The summed E-state index contributed by atoms with van der Waals surface area (Å²) in [5, 5.41) is 12.2. The van der Waals surface area contributed by atoms with Crippen molar-refractivity contribution in [3.05, 3.63) is 53.1 Å². The molecule has 0 unspecified atom stereocenters. The second-order valence-electron chi connectivity index (χ2n) is 13.7. The van der Waals surface area contributed by atoms with Crippen LogP contribution in [0.25, 0.3) is 6.08 Å². The third-order valence-electron chi connectivity index (χ3n) is 10.5. The number of carbonyl (C=O) groups excluding carboxylic acids is 4. The molecule has 9 atom stereocenters. The first-order valence-corrected chi connectivity index (χ1v) is 15.6. The normalized spacial score (nSPS) is 36.8. The molecule has 1 aliphatic heterocycles. The van der Waals surface area contributed by atoms with Crippen LogP contribution in [0.5, 0.6) is 0 Å². The highest BCUT2D eigenvalue weighted by Gasteiger charge is 2.74. The van der Waals surface area contributed by atoms with E-state index in [0.717, 1.165) is 5.56 Å². The molecule has 1 N–H and O–H groups in total. The second kappa shape index (κ2) is 12.0. The van der Waals surface area contributed by atoms with Gasteiger partial charge in [-0.25, -0.2) is 4.79 Å². The minimum absolute atomic E-state index is 0.219. The van der Waals surface area contributed by atoms with Gasteiger partial charge in [-0.3, -0.25) is 14.4 Å². The van der Waals surface area contributed by atoms with E-state index >= 15 is 0 Å². The Hall–Kier alpha value is -3.50. The lowest BCUT2D eigenvalue weighted by atomic mass is 9.48. The molecule has 5 rings (SSSR count). The molecule has 1 saturated heterocycles. The van der Waals surface area contributed by atoms with Crippen LogP contribution in [-0.2, 0) is 42.9 Å². The monoisotopic (exact) mass is 624 g/mol. The summed E-state index contributed by atoms with van der Waals surface area (Å²) >= 11 is 0. The largest absolute Gasteiger partial charge is 0.462 e. The summed E-state index contributed by atoms with van der Waals surface area (Å²) in [5.74, 6) is -3.20. The first kappa shape index (κ1) is 32.9. The van der Waals surface area contributed by atoms with E-state index in [2.05, 4.69) is 0 Å². The lowest BCUT2D eigenvalue weighted by molar-refractivity contribution is -0.225. The number of aliphatic hydroxyl groups excluding tert-OH is 1. The molecule has 1 spiro atoms. The standard InChI is InChI=1S/C35H44O10/c1-19-25(42-20(2)36)17-24-30(43-21(3)37)31-34(7,32(44-22(4)38)29(40)28(19)33(24,5)6)16-15-26(35(31)18-41-35)45-27(39)14-13-23-11-9-8-10-12-23/h8-14,24-26,29-32,40H,15-18H2,1-7H3/b14-13+/t24-,25-,26-,29+,30+,31-,32-,34+,35+/m0/s1. The molecule has 1 aromatic rings. The van der Waals surface area contributed by atoms with Gasteiger partial charge in [-0.2, -0.15) is 0 Å². The van der Waals surface area contributed by atoms with Crippen molar-refractivity contribution in [3.8, 4) is 0 Å². The number of rotatable bonds is 6. The molecule has 0 aromatic heterocycles. The van der Waals surface area contributed by atoms with Gasteiger partial charge < -0.3 is 28.8 Å². The van der Waals surface area contributed by atoms with E-state index < -0.39 is 82.7 Å². The van der Waals surface area contributed by atoms with Gasteiger partial charge in [0.05, 0.1) is 6.61 Å². The minimum atomic E-state index is -1.25. The van der Waals surface area contributed by atoms with Crippen molar-refractivity contribution in [1.82, 2.24) is 0 Å². The Morgan fingerprint density at radius 3 is 2.13 bits per heavy atom. The molecule has 0 amide bonds. The van der Waals surface area contributed by atoms with Gasteiger partial charge in [-0.1, -0.05) is 51.1 Å². The summed E-state index contributed by atoms with van der Waals surface area (Å²) < 4.78 is 30.3. The highest BCUT2D eigenvalue weighted by Crippen LogP contribution is 2.65. The molecule has 2 bridgehead atoms. The zero-order chi connectivity index (χ0) is 32.9. The molecular weight excluding hydrogens is 580 g/mol. The van der Waals surface area contributed by atoms with Crippen LogP contribution in [0, 0.1) is 22.7 Å². The Bertz CT molecular complexity index is 1410. The third-order valence-corrected chi connectivity index (χ3v) is 10.5. The minimum Gasteiger partial charge on any atom is -0.462 e. The van der Waals surface area contributed by atoms with E-state index in [1.807, 2.05) is 58.0 Å². The molecule has 10 nitrogen and oxygen atoms in total. The zero-order valence-corrected chi connectivity index (χ0v) is 27.0. The number of esters is 4. The number of hydrogen-bond acceptors (Lipinski definition) is 10. The summed E-state index contributed by atoms with van der Waals surface area (Å²) in [4.78, 5) is 50.8. The molecular formula is C35H44O10. The molecule has 3 aliphatic carbocycles. The van der Waals surface area contributed by atoms with Crippen LogP contribution >= 0.6 is 0 Å². The number of carbonyl (C=O) groups is 4. The van der Waals surface area contributed by atoms with Crippen LogP contribution in [0.15, 0.2) is 47.6 Å². The van der Waals surface area contributed by atoms with Crippen molar-refractivity contribution >= 4 is 30.0 Å². The van der Waals surface area contributed by atoms with Crippen molar-refractivity contribution in [3.63, 3.8) is 0 Å². The first-order chi connectivity index (χ1) is 21.1. The van der Waals surface area contributed by atoms with Gasteiger partial charge >= 0.3 is 23.9 Å². The predicted octanol–water partition coefficient (Wildman–Crippen LogP) is 4.33. The van der Waals surface area contributed by atoms with Gasteiger partial charge in [0.15, 0.2) is 0 Å². The molecule has 4 aliphatic rings. The molecule has 1 heterocycles. The Morgan fingerprint density at radius 2 is 1.56 bits per heavy atom. The number of ether oxygens (including phenoxy) is 5. The molecule has 244 valence electrons. The second-order valence-corrected chi connectivity index (χ2v) is 13.7. The van der Waals surface area contributed by atoms with Crippen molar-refractivity contribution in [2.45, 2.75) is 104 Å². The van der Waals surface area contributed by atoms with Gasteiger partial charge in [0, 0.05) is 44.1 Å². The van der Waals surface area contributed by atoms with Gasteiger partial charge in [0.2, 0.25) is 0 Å². The highest BCUT2D eigenvalue weighted by atomic mass is 16.6. The van der Waals surface area contributed by atoms with Crippen LogP contribution in [0.1, 0.15) is 73.3 Å². The topological polar surface area (TPSA) is 138 Å². The smallest absolute Gasteiger partial charge is 0.331 e. The Balaban J connectivity index is 1.63. The maximum absolute atomic E-state index is 13.1. The maximum atomic E-state index is 13.1. The fourth-order valence-electron chi connectivity index (χ4n) is 8.63. The van der Waals surface area contributed by atoms with Crippen molar-refractivity contribution in [2.75, 3.05) is 6.61 Å². The van der Waals surface area contributed by atoms with Crippen LogP contribution in [0.2, 0.25) is 0 Å². The van der Waals surface area contributed by atoms with Crippen molar-refractivity contribution < 1.29 is 48.0 Å².